The van der Waals surface area contributed by atoms with Gasteiger partial charge in [-0.3, -0.25) is 9.59 Å². The highest BCUT2D eigenvalue weighted by atomic mass is 16.5. The Bertz CT molecular complexity index is 728. The summed E-state index contributed by atoms with van der Waals surface area (Å²) in [5.41, 5.74) is 0.269. The number of carbonyl (C=O) groups is 2. The molecular formula is C25H39N3O3. The first-order valence-corrected chi connectivity index (χ1v) is 12.1. The van der Waals surface area contributed by atoms with Gasteiger partial charge in [0.05, 0.1) is 17.0 Å². The minimum atomic E-state index is -0.279. The summed E-state index contributed by atoms with van der Waals surface area (Å²) in [5.74, 6) is 0.643. The van der Waals surface area contributed by atoms with Gasteiger partial charge in [-0.1, -0.05) is 38.3 Å². The topological polar surface area (TPSA) is 70.7 Å². The van der Waals surface area contributed by atoms with Gasteiger partial charge in [-0.05, 0) is 70.8 Å². The van der Waals surface area contributed by atoms with Gasteiger partial charge in [0.2, 0.25) is 5.91 Å². The molecule has 0 aromatic heterocycles. The summed E-state index contributed by atoms with van der Waals surface area (Å²) < 4.78 is 5.95. The highest BCUT2D eigenvalue weighted by Crippen LogP contribution is 2.37. The van der Waals surface area contributed by atoms with Gasteiger partial charge in [0.25, 0.3) is 5.91 Å². The van der Waals surface area contributed by atoms with Crippen LogP contribution in [0.2, 0.25) is 0 Å². The maximum absolute atomic E-state index is 13.4. The third-order valence-electron chi connectivity index (χ3n) is 6.74. The van der Waals surface area contributed by atoms with E-state index in [9.17, 15) is 9.59 Å². The Kier molecular flexibility index (Phi) is 8.76. The molecule has 6 heteroatoms. The molecule has 0 saturated carbocycles. The Hall–Kier alpha value is -2.08. The number of hydrogen-bond acceptors (Lipinski definition) is 4. The lowest BCUT2D eigenvalue weighted by Gasteiger charge is -2.41. The van der Waals surface area contributed by atoms with Crippen LogP contribution in [0.3, 0.4) is 0 Å². The van der Waals surface area contributed by atoms with Gasteiger partial charge in [-0.25, -0.2) is 0 Å². The number of hydrogen-bond donors (Lipinski definition) is 2. The summed E-state index contributed by atoms with van der Waals surface area (Å²) in [6.45, 7) is 8.33. The van der Waals surface area contributed by atoms with Crippen LogP contribution < -0.4 is 15.4 Å². The standard InChI is InChI=1S/C25H39N3O3/c1-3-4-16-28-17-13-25(14-18-28)12-8-5-9-15-26-23(29)21-10-6-7-11-22(21)31-19-20(2)27-24(25)30/h6-7,10-11,20H,3-5,8-9,12-19H2,1-2H3,(H,26,29)(H,27,30)/t20-/m0/s1. The first-order valence-electron chi connectivity index (χ1n) is 12.1. The molecule has 0 aliphatic carbocycles. The number of para-hydroxylation sites is 1. The molecule has 6 nitrogen and oxygen atoms in total. The number of ether oxygens (including phenoxy) is 1. The molecule has 172 valence electrons. The fourth-order valence-electron chi connectivity index (χ4n) is 4.65. The highest BCUT2D eigenvalue weighted by molar-refractivity contribution is 5.96. The zero-order chi connectivity index (χ0) is 22.1. The molecule has 2 heterocycles. The van der Waals surface area contributed by atoms with Gasteiger partial charge < -0.3 is 20.3 Å². The predicted molar refractivity (Wildman–Crippen MR) is 123 cm³/mol. The molecule has 0 unspecified atom stereocenters. The number of rotatable bonds is 3. The van der Waals surface area contributed by atoms with Crippen LogP contribution in [-0.4, -0.2) is 55.5 Å². The number of carbonyl (C=O) groups excluding carboxylic acids is 2. The van der Waals surface area contributed by atoms with E-state index in [1.54, 1.807) is 6.07 Å². The minimum Gasteiger partial charge on any atom is -0.491 e. The molecule has 2 N–H and O–H groups in total. The fourth-order valence-corrected chi connectivity index (χ4v) is 4.65. The monoisotopic (exact) mass is 429 g/mol. The van der Waals surface area contributed by atoms with Gasteiger partial charge in [0.15, 0.2) is 0 Å². The van der Waals surface area contributed by atoms with E-state index in [1.807, 2.05) is 25.1 Å². The molecule has 2 amide bonds. The summed E-state index contributed by atoms with van der Waals surface area (Å²) in [6, 6.07) is 7.19. The number of likely N-dealkylation sites (tertiary alicyclic amines) is 1. The average Bonchev–Trinajstić information content (AvgIpc) is 2.79. The van der Waals surface area contributed by atoms with Crippen molar-refractivity contribution in [2.24, 2.45) is 5.41 Å². The quantitative estimate of drug-likeness (QED) is 0.768. The number of amides is 2. The Morgan fingerprint density at radius 3 is 2.65 bits per heavy atom. The molecule has 1 aromatic carbocycles. The van der Waals surface area contributed by atoms with Crippen LogP contribution in [0.15, 0.2) is 24.3 Å². The molecule has 1 spiro atoms. The Balaban J connectivity index is 1.69. The molecule has 1 atom stereocenters. The lowest BCUT2D eigenvalue weighted by molar-refractivity contribution is -0.135. The van der Waals surface area contributed by atoms with E-state index in [1.165, 1.54) is 12.8 Å². The molecule has 1 aromatic rings. The van der Waals surface area contributed by atoms with Crippen LogP contribution in [0.5, 0.6) is 5.75 Å². The first kappa shape index (κ1) is 23.6. The van der Waals surface area contributed by atoms with Crippen molar-refractivity contribution in [1.29, 1.82) is 0 Å². The maximum atomic E-state index is 13.4. The average molecular weight is 430 g/mol. The molecule has 31 heavy (non-hydrogen) atoms. The van der Waals surface area contributed by atoms with E-state index >= 15 is 0 Å². The van der Waals surface area contributed by atoms with Crippen molar-refractivity contribution >= 4 is 11.8 Å². The number of fused-ring (bicyclic) bond motifs is 1. The number of piperidine rings is 1. The molecule has 2 aliphatic rings. The lowest BCUT2D eigenvalue weighted by atomic mass is 9.73. The van der Waals surface area contributed by atoms with Crippen LogP contribution in [0.1, 0.15) is 75.6 Å². The Morgan fingerprint density at radius 1 is 1.10 bits per heavy atom. The summed E-state index contributed by atoms with van der Waals surface area (Å²) in [6.07, 6.45) is 8.15. The van der Waals surface area contributed by atoms with Crippen molar-refractivity contribution in [2.45, 2.75) is 71.3 Å². The normalized spacial score (nSPS) is 23.6. The van der Waals surface area contributed by atoms with Crippen molar-refractivity contribution in [2.75, 3.05) is 32.8 Å². The van der Waals surface area contributed by atoms with E-state index in [-0.39, 0.29) is 23.3 Å². The van der Waals surface area contributed by atoms with Gasteiger partial charge in [-0.15, -0.1) is 0 Å². The SMILES string of the molecule is CCCCN1CCC2(CCCCCNC(=O)c3ccccc3OC[C@H](C)NC2=O)CC1. The second kappa shape index (κ2) is 11.5. The van der Waals surface area contributed by atoms with Crippen molar-refractivity contribution in [3.05, 3.63) is 29.8 Å². The van der Waals surface area contributed by atoms with E-state index in [0.29, 0.717) is 24.5 Å². The molecule has 0 bridgehead atoms. The second-order valence-electron chi connectivity index (χ2n) is 9.22. The predicted octanol–water partition coefficient (Wildman–Crippen LogP) is 3.76. The fraction of sp³-hybridized carbons (Fsp3) is 0.680. The van der Waals surface area contributed by atoms with E-state index < -0.39 is 0 Å². The molecular weight excluding hydrogens is 390 g/mol. The second-order valence-corrected chi connectivity index (χ2v) is 9.22. The maximum Gasteiger partial charge on any atom is 0.255 e. The van der Waals surface area contributed by atoms with Gasteiger partial charge >= 0.3 is 0 Å². The van der Waals surface area contributed by atoms with Gasteiger partial charge in [0.1, 0.15) is 12.4 Å². The molecule has 1 saturated heterocycles. The smallest absolute Gasteiger partial charge is 0.255 e. The summed E-state index contributed by atoms with van der Waals surface area (Å²) in [5, 5.41) is 6.24. The minimum absolute atomic E-state index is 0.0990. The first-order chi connectivity index (χ1) is 15.0. The zero-order valence-corrected chi connectivity index (χ0v) is 19.3. The zero-order valence-electron chi connectivity index (χ0n) is 19.3. The molecule has 1 fully saturated rings. The Labute approximate surface area is 187 Å². The number of unbranched alkanes of at least 4 members (excludes halogenated alkanes) is 1. The summed E-state index contributed by atoms with van der Waals surface area (Å²) in [7, 11) is 0. The highest BCUT2D eigenvalue weighted by Gasteiger charge is 2.41. The largest absolute Gasteiger partial charge is 0.491 e. The number of benzene rings is 1. The van der Waals surface area contributed by atoms with Crippen molar-refractivity contribution in [3.63, 3.8) is 0 Å². The number of nitrogens with zero attached hydrogens (tertiary/aromatic N) is 1. The number of nitrogens with one attached hydrogen (secondary N) is 2. The van der Waals surface area contributed by atoms with Crippen LogP contribution in [-0.2, 0) is 4.79 Å². The van der Waals surface area contributed by atoms with E-state index in [2.05, 4.69) is 22.5 Å². The van der Waals surface area contributed by atoms with Crippen LogP contribution in [0.4, 0.5) is 0 Å². The van der Waals surface area contributed by atoms with Crippen molar-refractivity contribution in [1.82, 2.24) is 15.5 Å². The molecule has 2 aliphatic heterocycles. The summed E-state index contributed by atoms with van der Waals surface area (Å²) >= 11 is 0. The lowest BCUT2D eigenvalue weighted by Crippen LogP contribution is -2.51. The van der Waals surface area contributed by atoms with E-state index in [4.69, 9.17) is 4.74 Å². The van der Waals surface area contributed by atoms with Crippen LogP contribution in [0, 0.1) is 5.41 Å². The van der Waals surface area contributed by atoms with Gasteiger partial charge in [0, 0.05) is 6.54 Å². The summed E-state index contributed by atoms with van der Waals surface area (Å²) in [4.78, 5) is 28.5. The third kappa shape index (κ3) is 6.45. The third-order valence-corrected chi connectivity index (χ3v) is 6.74. The van der Waals surface area contributed by atoms with E-state index in [0.717, 1.165) is 58.2 Å². The Morgan fingerprint density at radius 2 is 1.87 bits per heavy atom. The molecule has 3 rings (SSSR count). The van der Waals surface area contributed by atoms with Crippen LogP contribution in [0.25, 0.3) is 0 Å². The van der Waals surface area contributed by atoms with Crippen LogP contribution >= 0.6 is 0 Å². The van der Waals surface area contributed by atoms with Gasteiger partial charge in [-0.2, -0.15) is 0 Å². The van der Waals surface area contributed by atoms with Crippen molar-refractivity contribution in [3.8, 4) is 5.75 Å². The van der Waals surface area contributed by atoms with Crippen molar-refractivity contribution < 1.29 is 14.3 Å². The molecule has 0 radical (unpaired) electrons.